The summed E-state index contributed by atoms with van der Waals surface area (Å²) in [5.74, 6) is -1.10. The van der Waals surface area contributed by atoms with Gasteiger partial charge in [-0.3, -0.25) is 9.59 Å². The van der Waals surface area contributed by atoms with Crippen LogP contribution in [0.3, 0.4) is 0 Å². The Labute approximate surface area is 210 Å². The number of halogens is 1. The number of hydrogen-bond donors (Lipinski definition) is 5. The number of thiol groups is 1. The third-order valence-electron chi connectivity index (χ3n) is 4.99. The Bertz CT molecular complexity index is 1460. The van der Waals surface area contributed by atoms with Crippen LogP contribution in [-0.2, 0) is 0 Å². The van der Waals surface area contributed by atoms with Gasteiger partial charge in [0, 0.05) is 11.1 Å². The molecule has 0 saturated carbocycles. The second kappa shape index (κ2) is 10.7. The third kappa shape index (κ3) is 5.83. The average Bonchev–Trinajstić information content (AvgIpc) is 2.86. The first-order valence-electron chi connectivity index (χ1n) is 10.5. The number of nitrogens with one attached hydrogen (secondary N) is 2. The van der Waals surface area contributed by atoms with Gasteiger partial charge in [0.05, 0.1) is 28.8 Å². The van der Waals surface area contributed by atoms with Crippen LogP contribution in [0.15, 0.2) is 84.0 Å². The molecule has 4 aromatic rings. The predicted molar refractivity (Wildman–Crippen MR) is 141 cm³/mol. The number of nitrogens with two attached hydrogens (primary N) is 2. The molecule has 0 aliphatic heterocycles. The van der Waals surface area contributed by atoms with E-state index in [1.165, 1.54) is 18.3 Å². The summed E-state index contributed by atoms with van der Waals surface area (Å²) >= 11 is 3.50. The fraction of sp³-hybridized carbons (Fsp3) is 0. The van der Waals surface area contributed by atoms with Crippen molar-refractivity contribution in [3.05, 3.63) is 95.9 Å². The zero-order valence-electron chi connectivity index (χ0n) is 18.6. The van der Waals surface area contributed by atoms with Crippen molar-refractivity contribution in [1.29, 1.82) is 0 Å². The number of amides is 2. The number of carbonyl (C=O) groups excluding carboxylic acids is 2. The summed E-state index contributed by atoms with van der Waals surface area (Å²) in [5, 5.41) is 4.82. The minimum Gasteiger partial charge on any atom is -0.396 e. The van der Waals surface area contributed by atoms with Crippen molar-refractivity contribution in [3.8, 4) is 11.3 Å². The number of nitrogens with zero attached hydrogens (tertiary/aromatic N) is 3. The number of pyridine rings is 2. The maximum absolute atomic E-state index is 14.5. The molecular weight excluding hydrogens is 481 g/mol. The van der Waals surface area contributed by atoms with Gasteiger partial charge in [0.1, 0.15) is 17.5 Å². The van der Waals surface area contributed by atoms with Gasteiger partial charge < -0.3 is 22.1 Å². The van der Waals surface area contributed by atoms with Gasteiger partial charge in [-0.15, -0.1) is 0 Å². The number of carbonyl (C=O) groups is 2. The predicted octanol–water partition coefficient (Wildman–Crippen LogP) is 4.62. The normalized spacial score (nSPS) is 11.1. The zero-order valence-corrected chi connectivity index (χ0v) is 19.5. The van der Waals surface area contributed by atoms with Crippen LogP contribution >= 0.6 is 12.6 Å². The van der Waals surface area contributed by atoms with E-state index in [1.54, 1.807) is 18.2 Å². The minimum absolute atomic E-state index is 0.143. The number of anilines is 4. The Morgan fingerprint density at radius 1 is 1.00 bits per heavy atom. The number of hydrogen-bond acceptors (Lipinski definition) is 6. The molecule has 180 valence electrons. The quantitative estimate of drug-likeness (QED) is 0.147. The lowest BCUT2D eigenvalue weighted by Crippen LogP contribution is -2.18. The molecule has 2 aromatic heterocycles. The Morgan fingerprint density at radius 3 is 2.44 bits per heavy atom. The van der Waals surface area contributed by atoms with Gasteiger partial charge >= 0.3 is 5.24 Å². The van der Waals surface area contributed by atoms with Crippen LogP contribution in [0, 0.1) is 5.82 Å². The highest BCUT2D eigenvalue weighted by molar-refractivity contribution is 7.96. The summed E-state index contributed by atoms with van der Waals surface area (Å²) in [6.07, 6.45) is 1.48. The topological polar surface area (TPSA) is 148 Å². The first-order chi connectivity index (χ1) is 17.3. The van der Waals surface area contributed by atoms with Crippen molar-refractivity contribution in [1.82, 2.24) is 9.97 Å². The molecule has 11 heteroatoms. The fourth-order valence-corrected chi connectivity index (χ4v) is 3.34. The van der Waals surface area contributed by atoms with E-state index < -0.39 is 17.0 Å². The molecule has 2 heterocycles. The van der Waals surface area contributed by atoms with E-state index >= 15 is 0 Å². The number of amidine groups is 1. The minimum atomic E-state index is -0.840. The van der Waals surface area contributed by atoms with Gasteiger partial charge in [-0.1, -0.05) is 49.0 Å². The number of aliphatic imine (C=N–C) groups is 1. The van der Waals surface area contributed by atoms with Gasteiger partial charge in [-0.25, -0.2) is 14.4 Å². The van der Waals surface area contributed by atoms with E-state index in [0.717, 1.165) is 17.3 Å². The van der Waals surface area contributed by atoms with Crippen molar-refractivity contribution < 1.29 is 14.0 Å². The highest BCUT2D eigenvalue weighted by Crippen LogP contribution is 2.26. The second-order valence-corrected chi connectivity index (χ2v) is 7.87. The highest BCUT2D eigenvalue weighted by atomic mass is 32.1. The zero-order chi connectivity index (χ0) is 25.7. The number of aromatic nitrogens is 2. The molecule has 2 amide bonds. The molecular formula is C25H20FN7O2S. The van der Waals surface area contributed by atoms with Crippen LogP contribution in [0.1, 0.15) is 15.9 Å². The molecule has 6 N–H and O–H groups in total. The molecule has 9 nitrogen and oxygen atoms in total. The molecule has 2 aromatic carbocycles. The Balaban J connectivity index is 1.45. The van der Waals surface area contributed by atoms with E-state index in [2.05, 4.69) is 38.2 Å². The van der Waals surface area contributed by atoms with Gasteiger partial charge in [-0.2, -0.15) is 4.99 Å². The second-order valence-electron chi connectivity index (χ2n) is 7.49. The molecule has 0 unspecified atom stereocenters. The van der Waals surface area contributed by atoms with E-state index in [1.807, 2.05) is 36.4 Å². The van der Waals surface area contributed by atoms with E-state index in [4.69, 9.17) is 11.5 Å². The molecule has 0 aliphatic rings. The molecule has 0 bridgehead atoms. The lowest BCUT2D eigenvalue weighted by Gasteiger charge is -2.11. The Kier molecular flexibility index (Phi) is 7.21. The van der Waals surface area contributed by atoms with Crippen LogP contribution in [0.2, 0.25) is 0 Å². The van der Waals surface area contributed by atoms with Crippen LogP contribution in [-0.4, -0.2) is 26.9 Å². The SMILES string of the molecule is N/C(=N\C(=O)S)c1ccc(C(=O)Nc2ccc(Nc3nc(-c4ccccc4)ccc3N)cn2)c(F)c1. The van der Waals surface area contributed by atoms with Crippen LogP contribution in [0.4, 0.5) is 32.2 Å². The smallest absolute Gasteiger partial charge is 0.303 e. The van der Waals surface area contributed by atoms with Gasteiger partial charge in [0.2, 0.25) is 0 Å². The molecule has 0 spiro atoms. The monoisotopic (exact) mass is 501 g/mol. The van der Waals surface area contributed by atoms with E-state index in [9.17, 15) is 14.0 Å². The molecule has 0 saturated heterocycles. The average molecular weight is 502 g/mol. The van der Waals surface area contributed by atoms with Crippen molar-refractivity contribution in [3.63, 3.8) is 0 Å². The maximum Gasteiger partial charge on any atom is 0.303 e. The lowest BCUT2D eigenvalue weighted by atomic mass is 10.1. The Morgan fingerprint density at radius 2 is 1.78 bits per heavy atom. The van der Waals surface area contributed by atoms with Gasteiger partial charge in [0.15, 0.2) is 5.82 Å². The third-order valence-corrected chi connectivity index (χ3v) is 5.09. The molecule has 36 heavy (non-hydrogen) atoms. The fourth-order valence-electron chi connectivity index (χ4n) is 3.23. The largest absolute Gasteiger partial charge is 0.396 e. The van der Waals surface area contributed by atoms with Crippen LogP contribution < -0.4 is 22.1 Å². The van der Waals surface area contributed by atoms with Crippen LogP contribution in [0.5, 0.6) is 0 Å². The molecule has 0 radical (unpaired) electrons. The number of benzene rings is 2. The van der Waals surface area contributed by atoms with Crippen LogP contribution in [0.25, 0.3) is 11.3 Å². The van der Waals surface area contributed by atoms with Crippen molar-refractivity contribution >= 4 is 52.6 Å². The van der Waals surface area contributed by atoms with Crippen molar-refractivity contribution in [2.24, 2.45) is 10.7 Å². The molecule has 0 fully saturated rings. The maximum atomic E-state index is 14.5. The van der Waals surface area contributed by atoms with E-state index in [0.29, 0.717) is 17.2 Å². The van der Waals surface area contributed by atoms with E-state index in [-0.39, 0.29) is 22.8 Å². The summed E-state index contributed by atoms with van der Waals surface area (Å²) < 4.78 is 14.5. The summed E-state index contributed by atoms with van der Waals surface area (Å²) in [5.41, 5.74) is 14.3. The summed E-state index contributed by atoms with van der Waals surface area (Å²) in [4.78, 5) is 35.6. The van der Waals surface area contributed by atoms with Crippen molar-refractivity contribution in [2.75, 3.05) is 16.4 Å². The number of nitrogen functional groups attached to an aromatic ring is 1. The van der Waals surface area contributed by atoms with Gasteiger partial charge in [0.25, 0.3) is 5.91 Å². The summed E-state index contributed by atoms with van der Waals surface area (Å²) in [6, 6.07) is 20.1. The standard InChI is InChI=1S/C25H20FN7O2S/c26-18-12-15(22(28)33-25(35)36)6-8-17(18)24(34)32-21-11-7-16(13-29-21)30-23-19(27)9-10-20(31-23)14-4-2-1-3-5-14/h1-13H,27H2,(H,30,31)(H,29,32,34)(H3,28,33,35,36). The first-order valence-corrected chi connectivity index (χ1v) is 11.0. The summed E-state index contributed by atoms with van der Waals surface area (Å²) in [6.45, 7) is 0. The van der Waals surface area contributed by atoms with Gasteiger partial charge in [-0.05, 0) is 36.4 Å². The molecule has 0 atom stereocenters. The highest BCUT2D eigenvalue weighted by Gasteiger charge is 2.15. The Hall–Kier alpha value is -4.77. The summed E-state index contributed by atoms with van der Waals surface area (Å²) in [7, 11) is 0. The lowest BCUT2D eigenvalue weighted by molar-refractivity contribution is 0.102. The van der Waals surface area contributed by atoms with Crippen molar-refractivity contribution in [2.45, 2.75) is 0 Å². The molecule has 0 aliphatic carbocycles. The number of rotatable bonds is 6. The first kappa shape index (κ1) is 24.4. The molecule has 4 rings (SSSR count).